The van der Waals surface area contributed by atoms with Crippen LogP contribution in [0.4, 0.5) is 4.39 Å². The fourth-order valence-corrected chi connectivity index (χ4v) is 3.16. The van der Waals surface area contributed by atoms with E-state index in [1.807, 2.05) is 0 Å². The Morgan fingerprint density at radius 2 is 1.87 bits per heavy atom. The van der Waals surface area contributed by atoms with Gasteiger partial charge in [-0.2, -0.15) is 0 Å². The number of rotatable bonds is 2. The molecule has 0 fully saturated rings. The van der Waals surface area contributed by atoms with Crippen LogP contribution < -0.4 is 5.32 Å². The molecule has 3 rings (SSSR count). The van der Waals surface area contributed by atoms with Crippen LogP contribution in [0.1, 0.15) is 29.7 Å². The lowest BCUT2D eigenvalue weighted by atomic mass is 9.89. The van der Waals surface area contributed by atoms with Crippen LogP contribution in [-0.4, -0.2) is 23.3 Å². The highest BCUT2D eigenvalue weighted by atomic mass is 19.1. The van der Waals surface area contributed by atoms with Gasteiger partial charge >= 0.3 is 5.97 Å². The van der Waals surface area contributed by atoms with Gasteiger partial charge in [0, 0.05) is 16.7 Å². The number of hydrogen-bond acceptors (Lipinski definition) is 5. The van der Waals surface area contributed by atoms with Gasteiger partial charge in [-0.3, -0.25) is 5.32 Å². The number of methoxy groups -OCH3 is 1. The zero-order chi connectivity index (χ0) is 16.8. The number of carbonyl (C=O) groups is 1. The lowest BCUT2D eigenvalue weighted by molar-refractivity contribution is -0.148. The number of benzene rings is 2. The van der Waals surface area contributed by atoms with Gasteiger partial charge in [-0.1, -0.05) is 18.2 Å². The van der Waals surface area contributed by atoms with Crippen molar-refractivity contribution in [1.29, 1.82) is 0 Å². The summed E-state index contributed by atoms with van der Waals surface area (Å²) < 4.78 is 19.0. The number of halogens is 1. The Kier molecular flexibility index (Phi) is 3.49. The summed E-state index contributed by atoms with van der Waals surface area (Å²) in [6.07, 6.45) is 0. The van der Waals surface area contributed by atoms with E-state index in [9.17, 15) is 19.4 Å². The molecule has 0 saturated carbocycles. The van der Waals surface area contributed by atoms with E-state index in [0.29, 0.717) is 0 Å². The number of aromatic hydroxyl groups is 2. The van der Waals surface area contributed by atoms with E-state index in [0.717, 1.165) is 0 Å². The number of fused-ring (bicyclic) bond motifs is 1. The number of hydrogen-bond donors (Lipinski definition) is 3. The number of esters is 1. The Morgan fingerprint density at radius 3 is 2.52 bits per heavy atom. The first-order valence-corrected chi connectivity index (χ1v) is 7.06. The van der Waals surface area contributed by atoms with Crippen molar-refractivity contribution in [3.63, 3.8) is 0 Å². The second-order valence-corrected chi connectivity index (χ2v) is 5.61. The van der Waals surface area contributed by atoms with Crippen molar-refractivity contribution in [2.45, 2.75) is 18.5 Å². The fourth-order valence-electron chi connectivity index (χ4n) is 3.16. The van der Waals surface area contributed by atoms with Gasteiger partial charge in [-0.15, -0.1) is 0 Å². The molecule has 0 aromatic heterocycles. The maximum atomic E-state index is 14.2. The van der Waals surface area contributed by atoms with E-state index in [-0.39, 0.29) is 28.2 Å². The Hall–Kier alpha value is -2.60. The molecular formula is C17H16FNO4. The molecule has 23 heavy (non-hydrogen) atoms. The third kappa shape index (κ3) is 2.14. The molecule has 2 aromatic rings. The Balaban J connectivity index is 2.27. The van der Waals surface area contributed by atoms with Crippen molar-refractivity contribution in [3.05, 3.63) is 58.9 Å². The summed E-state index contributed by atoms with van der Waals surface area (Å²) in [5.41, 5.74) is -0.678. The van der Waals surface area contributed by atoms with Gasteiger partial charge in [-0.25, -0.2) is 9.18 Å². The summed E-state index contributed by atoms with van der Waals surface area (Å²) in [4.78, 5) is 12.3. The minimum absolute atomic E-state index is 0.133. The van der Waals surface area contributed by atoms with Crippen LogP contribution in [-0.2, 0) is 15.1 Å². The van der Waals surface area contributed by atoms with Crippen molar-refractivity contribution >= 4 is 5.97 Å². The number of ether oxygens (including phenoxy) is 1. The lowest BCUT2D eigenvalue weighted by Gasteiger charge is -2.24. The second kappa shape index (κ2) is 5.24. The highest BCUT2D eigenvalue weighted by Gasteiger charge is 2.50. The van der Waals surface area contributed by atoms with Gasteiger partial charge in [-0.05, 0) is 25.1 Å². The number of phenols is 2. The topological polar surface area (TPSA) is 78.8 Å². The van der Waals surface area contributed by atoms with Crippen LogP contribution in [0.5, 0.6) is 11.5 Å². The maximum Gasteiger partial charge on any atom is 0.330 e. The van der Waals surface area contributed by atoms with Crippen LogP contribution >= 0.6 is 0 Å². The van der Waals surface area contributed by atoms with Gasteiger partial charge in [0.2, 0.25) is 0 Å². The summed E-state index contributed by atoms with van der Waals surface area (Å²) in [5, 5.41) is 23.4. The monoisotopic (exact) mass is 317 g/mol. The van der Waals surface area contributed by atoms with E-state index < -0.39 is 23.4 Å². The quantitative estimate of drug-likeness (QED) is 0.585. The van der Waals surface area contributed by atoms with Crippen LogP contribution in [0.3, 0.4) is 0 Å². The minimum atomic E-state index is -1.40. The summed E-state index contributed by atoms with van der Waals surface area (Å²) in [5.74, 6) is -1.42. The Morgan fingerprint density at radius 1 is 1.22 bits per heavy atom. The standard InChI is InChI=1S/C17H16FNO4/c1-17(16(22)23-2)14-12(21)8-7-11(20)13(14)15(19-17)9-5-3-4-6-10(9)18/h3-8,15,19-21H,1-2H3/t15-,17-/m0/s1. The molecule has 3 N–H and O–H groups in total. The summed E-state index contributed by atoms with van der Waals surface area (Å²) >= 11 is 0. The summed E-state index contributed by atoms with van der Waals surface area (Å²) in [7, 11) is 1.23. The zero-order valence-corrected chi connectivity index (χ0v) is 12.6. The Bertz CT molecular complexity index is 792. The van der Waals surface area contributed by atoms with Crippen molar-refractivity contribution in [2.24, 2.45) is 0 Å². The van der Waals surface area contributed by atoms with E-state index in [1.54, 1.807) is 18.2 Å². The first-order chi connectivity index (χ1) is 10.9. The first-order valence-electron chi connectivity index (χ1n) is 7.06. The van der Waals surface area contributed by atoms with Crippen molar-refractivity contribution < 1.29 is 24.1 Å². The van der Waals surface area contributed by atoms with Gasteiger partial charge in [0.1, 0.15) is 22.9 Å². The lowest BCUT2D eigenvalue weighted by Crippen LogP contribution is -2.44. The molecular weight excluding hydrogens is 301 g/mol. The van der Waals surface area contributed by atoms with Gasteiger partial charge < -0.3 is 14.9 Å². The fraction of sp³-hybridized carbons (Fsp3) is 0.235. The smallest absolute Gasteiger partial charge is 0.330 e. The van der Waals surface area contributed by atoms with E-state index in [2.05, 4.69) is 5.32 Å². The molecule has 2 atom stereocenters. The molecule has 0 bridgehead atoms. The molecule has 0 saturated heterocycles. The zero-order valence-electron chi connectivity index (χ0n) is 12.6. The first kappa shape index (κ1) is 15.3. The normalized spacial score (nSPS) is 22.7. The van der Waals surface area contributed by atoms with Crippen molar-refractivity contribution in [2.75, 3.05) is 7.11 Å². The molecule has 120 valence electrons. The van der Waals surface area contributed by atoms with Crippen LogP contribution in [0.15, 0.2) is 36.4 Å². The molecule has 5 nitrogen and oxygen atoms in total. The Labute approximate surface area is 132 Å². The van der Waals surface area contributed by atoms with E-state index in [4.69, 9.17) is 4.74 Å². The average Bonchev–Trinajstić information content (AvgIpc) is 2.86. The highest BCUT2D eigenvalue weighted by molar-refractivity contribution is 5.86. The maximum absolute atomic E-state index is 14.2. The van der Waals surface area contributed by atoms with Gasteiger partial charge in [0.25, 0.3) is 0 Å². The molecule has 2 aromatic carbocycles. The third-order valence-corrected chi connectivity index (χ3v) is 4.23. The van der Waals surface area contributed by atoms with E-state index >= 15 is 0 Å². The van der Waals surface area contributed by atoms with Gasteiger partial charge in [0.05, 0.1) is 13.2 Å². The van der Waals surface area contributed by atoms with Crippen molar-refractivity contribution in [1.82, 2.24) is 5.32 Å². The molecule has 1 heterocycles. The number of nitrogens with one attached hydrogen (secondary N) is 1. The van der Waals surface area contributed by atoms with Crippen molar-refractivity contribution in [3.8, 4) is 11.5 Å². The average molecular weight is 317 g/mol. The summed E-state index contributed by atoms with van der Waals surface area (Å²) in [6.45, 7) is 1.53. The molecule has 0 spiro atoms. The highest BCUT2D eigenvalue weighted by Crippen LogP contribution is 2.49. The molecule has 6 heteroatoms. The predicted octanol–water partition coefficient (Wildman–Crippen LogP) is 2.32. The van der Waals surface area contributed by atoms with Gasteiger partial charge in [0.15, 0.2) is 0 Å². The molecule has 0 unspecified atom stereocenters. The third-order valence-electron chi connectivity index (χ3n) is 4.23. The molecule has 0 aliphatic carbocycles. The van der Waals surface area contributed by atoms with Crippen LogP contribution in [0.2, 0.25) is 0 Å². The molecule has 1 aliphatic heterocycles. The van der Waals surface area contributed by atoms with Crippen LogP contribution in [0, 0.1) is 5.82 Å². The summed E-state index contributed by atoms with van der Waals surface area (Å²) in [6, 6.07) is 7.88. The number of carbonyl (C=O) groups excluding carboxylic acids is 1. The number of phenolic OH excluding ortho intramolecular Hbond substituents is 2. The molecule has 0 amide bonds. The SMILES string of the molecule is COC(=O)[C@@]1(C)N[C@@H](c2ccccc2F)c2c(O)ccc(O)c21. The predicted molar refractivity (Wildman–Crippen MR) is 80.5 cm³/mol. The molecule has 1 aliphatic rings. The molecule has 0 radical (unpaired) electrons. The minimum Gasteiger partial charge on any atom is -0.508 e. The van der Waals surface area contributed by atoms with Crippen LogP contribution in [0.25, 0.3) is 0 Å². The van der Waals surface area contributed by atoms with E-state index in [1.165, 1.54) is 32.2 Å². The largest absolute Gasteiger partial charge is 0.508 e. The second-order valence-electron chi connectivity index (χ2n) is 5.61.